The van der Waals surface area contributed by atoms with Crippen molar-refractivity contribution in [1.82, 2.24) is 16.0 Å². The van der Waals surface area contributed by atoms with Crippen LogP contribution in [-0.2, 0) is 31.9 Å². The maximum atomic E-state index is 13.4. The fraction of sp³-hybridized carbons (Fsp3) is 0.219. The number of esters is 2. The van der Waals surface area contributed by atoms with Gasteiger partial charge in [-0.15, -0.1) is 6.58 Å². The maximum absolute atomic E-state index is 13.4. The van der Waals surface area contributed by atoms with Gasteiger partial charge in [-0.3, -0.25) is 14.4 Å². The first-order valence-electron chi connectivity index (χ1n) is 13.2. The van der Waals surface area contributed by atoms with Gasteiger partial charge in [-0.2, -0.15) is 0 Å². The van der Waals surface area contributed by atoms with Crippen LogP contribution in [0.4, 0.5) is 0 Å². The first-order valence-corrected chi connectivity index (χ1v) is 13.2. The Morgan fingerprint density at radius 1 is 0.690 bits per heavy atom. The zero-order valence-corrected chi connectivity index (χ0v) is 23.4. The van der Waals surface area contributed by atoms with Crippen molar-refractivity contribution in [3.63, 3.8) is 0 Å². The molecule has 3 N–H and O–H groups in total. The highest BCUT2D eigenvalue weighted by Crippen LogP contribution is 2.15. The van der Waals surface area contributed by atoms with Gasteiger partial charge in [0.25, 0.3) is 17.7 Å². The number of ether oxygens (including phenoxy) is 2. The number of benzene rings is 3. The summed E-state index contributed by atoms with van der Waals surface area (Å²) >= 11 is 0. The predicted octanol–water partition coefficient (Wildman–Crippen LogP) is 2.63. The number of nitrogens with one attached hydrogen (secondary N) is 3. The van der Waals surface area contributed by atoms with Crippen LogP contribution in [0.15, 0.2) is 91.5 Å². The fourth-order valence-electron chi connectivity index (χ4n) is 4.18. The molecule has 218 valence electrons. The van der Waals surface area contributed by atoms with Crippen molar-refractivity contribution < 1.29 is 33.4 Å². The fourth-order valence-corrected chi connectivity index (χ4v) is 4.18. The molecule has 3 rings (SSSR count). The van der Waals surface area contributed by atoms with Crippen LogP contribution in [0.2, 0.25) is 0 Å². The molecule has 0 aliphatic rings. The third kappa shape index (κ3) is 8.62. The molecular formula is C32H33N3O7. The van der Waals surface area contributed by atoms with Crippen LogP contribution in [0.25, 0.3) is 0 Å². The summed E-state index contributed by atoms with van der Waals surface area (Å²) in [6.45, 7) is 3.68. The molecule has 0 spiro atoms. The molecule has 2 atom stereocenters. The predicted molar refractivity (Wildman–Crippen MR) is 156 cm³/mol. The highest BCUT2D eigenvalue weighted by molar-refractivity contribution is 6.10. The molecule has 42 heavy (non-hydrogen) atoms. The van der Waals surface area contributed by atoms with Crippen molar-refractivity contribution in [2.24, 2.45) is 0 Å². The highest BCUT2D eigenvalue weighted by Gasteiger charge is 2.27. The second kappa shape index (κ2) is 15.5. The Kier molecular flexibility index (Phi) is 11.6. The molecule has 0 bridgehead atoms. The molecule has 0 heterocycles. The molecule has 0 aromatic heterocycles. The van der Waals surface area contributed by atoms with Gasteiger partial charge in [0.1, 0.15) is 12.1 Å². The molecule has 0 radical (unpaired) electrons. The van der Waals surface area contributed by atoms with Crippen LogP contribution in [0.1, 0.15) is 42.2 Å². The molecular weight excluding hydrogens is 538 g/mol. The Balaban J connectivity index is 1.89. The molecule has 0 aliphatic carbocycles. The zero-order valence-electron chi connectivity index (χ0n) is 23.4. The first-order chi connectivity index (χ1) is 20.3. The summed E-state index contributed by atoms with van der Waals surface area (Å²) in [5, 5.41) is 7.89. The molecule has 3 amide bonds. The van der Waals surface area contributed by atoms with Crippen LogP contribution in [0.3, 0.4) is 0 Å². The van der Waals surface area contributed by atoms with Gasteiger partial charge in [-0.05, 0) is 29.3 Å². The Hall–Kier alpha value is -5.25. The monoisotopic (exact) mass is 571 g/mol. The number of amides is 3. The van der Waals surface area contributed by atoms with E-state index in [4.69, 9.17) is 9.47 Å². The van der Waals surface area contributed by atoms with Gasteiger partial charge in [0.05, 0.1) is 25.3 Å². The van der Waals surface area contributed by atoms with E-state index in [9.17, 15) is 24.0 Å². The minimum absolute atomic E-state index is 0.0334. The van der Waals surface area contributed by atoms with Crippen LogP contribution < -0.4 is 16.0 Å². The van der Waals surface area contributed by atoms with Crippen molar-refractivity contribution >= 4 is 29.7 Å². The van der Waals surface area contributed by atoms with Gasteiger partial charge in [-0.25, -0.2) is 9.59 Å². The van der Waals surface area contributed by atoms with E-state index in [0.717, 1.165) is 11.1 Å². The average molecular weight is 572 g/mol. The van der Waals surface area contributed by atoms with Crippen molar-refractivity contribution in [3.05, 3.63) is 119 Å². The minimum atomic E-state index is -1.03. The number of hydrogen-bond acceptors (Lipinski definition) is 7. The quantitative estimate of drug-likeness (QED) is 0.212. The Morgan fingerprint density at radius 3 is 1.67 bits per heavy atom. The van der Waals surface area contributed by atoms with Crippen LogP contribution in [0, 0.1) is 0 Å². The summed E-state index contributed by atoms with van der Waals surface area (Å²) in [4.78, 5) is 64.6. The van der Waals surface area contributed by atoms with Gasteiger partial charge in [0, 0.05) is 24.9 Å². The van der Waals surface area contributed by atoms with E-state index >= 15 is 0 Å². The second-order valence-corrected chi connectivity index (χ2v) is 9.24. The number of hydrogen-bond donors (Lipinski definition) is 3. The summed E-state index contributed by atoms with van der Waals surface area (Å²) in [6.07, 6.45) is 1.81. The van der Waals surface area contributed by atoms with Gasteiger partial charge in [0.2, 0.25) is 0 Å². The molecule has 0 fully saturated rings. The molecule has 3 aromatic carbocycles. The van der Waals surface area contributed by atoms with Gasteiger partial charge >= 0.3 is 11.9 Å². The topological polar surface area (TPSA) is 140 Å². The number of carbonyl (C=O) groups is 5. The van der Waals surface area contributed by atoms with E-state index in [1.165, 1.54) is 38.5 Å². The number of rotatable bonds is 13. The lowest BCUT2D eigenvalue weighted by Gasteiger charge is -2.19. The molecule has 3 aromatic rings. The maximum Gasteiger partial charge on any atom is 0.328 e. The van der Waals surface area contributed by atoms with E-state index in [0.29, 0.717) is 0 Å². The van der Waals surface area contributed by atoms with E-state index in [2.05, 4.69) is 22.5 Å². The van der Waals surface area contributed by atoms with E-state index < -0.39 is 41.7 Å². The average Bonchev–Trinajstić information content (AvgIpc) is 3.02. The Morgan fingerprint density at radius 2 is 1.19 bits per heavy atom. The summed E-state index contributed by atoms with van der Waals surface area (Å²) in [5.74, 6) is -3.30. The molecule has 10 nitrogen and oxygen atoms in total. The van der Waals surface area contributed by atoms with Crippen LogP contribution in [0.5, 0.6) is 0 Å². The van der Waals surface area contributed by atoms with E-state index in [-0.39, 0.29) is 36.1 Å². The highest BCUT2D eigenvalue weighted by atomic mass is 16.5. The number of carbonyl (C=O) groups excluding carboxylic acids is 5. The lowest BCUT2D eigenvalue weighted by molar-refractivity contribution is -0.143. The lowest BCUT2D eigenvalue weighted by atomic mass is 10.00. The van der Waals surface area contributed by atoms with Crippen molar-refractivity contribution in [1.29, 1.82) is 0 Å². The van der Waals surface area contributed by atoms with Gasteiger partial charge < -0.3 is 25.4 Å². The minimum Gasteiger partial charge on any atom is -0.467 e. The van der Waals surface area contributed by atoms with Gasteiger partial charge in [0.15, 0.2) is 0 Å². The standard InChI is InChI=1S/C32H33N3O7/c1-4-17-33-29(37)25-20-23(28(36)34-26(31(39)41-2)18-21-11-7-5-8-12-21)15-16-24(25)30(38)35-27(32(40)42-3)19-22-13-9-6-10-14-22/h4-16,20,26-27H,1,17-19H2,2-3H3,(H,33,37)(H,34,36)(H,35,38)/t26-,27+/m1/s1. The zero-order chi connectivity index (χ0) is 30.5. The molecule has 10 heteroatoms. The summed E-state index contributed by atoms with van der Waals surface area (Å²) < 4.78 is 9.74. The smallest absolute Gasteiger partial charge is 0.328 e. The first kappa shape index (κ1) is 31.3. The van der Waals surface area contributed by atoms with E-state index in [1.807, 2.05) is 60.7 Å². The molecule has 0 saturated heterocycles. The third-order valence-corrected chi connectivity index (χ3v) is 6.33. The Labute approximate surface area is 244 Å². The normalized spacial score (nSPS) is 11.8. The number of methoxy groups -OCH3 is 2. The summed E-state index contributed by atoms with van der Waals surface area (Å²) in [7, 11) is 2.44. The Bertz CT molecular complexity index is 1420. The largest absolute Gasteiger partial charge is 0.467 e. The van der Waals surface area contributed by atoms with Crippen molar-refractivity contribution in [2.45, 2.75) is 24.9 Å². The molecule has 0 unspecified atom stereocenters. The molecule has 0 aliphatic heterocycles. The van der Waals surface area contributed by atoms with Crippen LogP contribution >= 0.6 is 0 Å². The summed E-state index contributed by atoms with van der Waals surface area (Å²) in [6, 6.07) is 20.1. The van der Waals surface area contributed by atoms with E-state index in [1.54, 1.807) is 0 Å². The van der Waals surface area contributed by atoms with Crippen molar-refractivity contribution in [3.8, 4) is 0 Å². The van der Waals surface area contributed by atoms with Gasteiger partial charge in [-0.1, -0.05) is 66.7 Å². The summed E-state index contributed by atoms with van der Waals surface area (Å²) in [5.41, 5.74) is 1.46. The third-order valence-electron chi connectivity index (χ3n) is 6.33. The lowest BCUT2D eigenvalue weighted by Crippen LogP contribution is -2.44. The molecule has 0 saturated carbocycles. The SMILES string of the molecule is C=CCNC(=O)c1cc(C(=O)N[C@H](Cc2ccccc2)C(=O)OC)ccc1C(=O)N[C@@H](Cc1ccccc1)C(=O)OC. The second-order valence-electron chi connectivity index (χ2n) is 9.24. The van der Waals surface area contributed by atoms with Crippen molar-refractivity contribution in [2.75, 3.05) is 20.8 Å². The van der Waals surface area contributed by atoms with Crippen LogP contribution in [-0.4, -0.2) is 62.5 Å².